The molecule has 0 saturated carbocycles. The molecule has 7 nitrogen and oxygen atoms in total. The van der Waals surface area contributed by atoms with Gasteiger partial charge in [-0.1, -0.05) is 6.07 Å². The van der Waals surface area contributed by atoms with Gasteiger partial charge in [0.15, 0.2) is 5.96 Å². The first kappa shape index (κ1) is 21.1. The summed E-state index contributed by atoms with van der Waals surface area (Å²) in [5, 5.41) is 16.0. The lowest BCUT2D eigenvalue weighted by atomic mass is 10.1. The molecule has 1 fully saturated rings. The molecule has 29 heavy (non-hydrogen) atoms. The number of anilines is 1. The Morgan fingerprint density at radius 1 is 1.31 bits per heavy atom. The van der Waals surface area contributed by atoms with Crippen LogP contribution in [0.15, 0.2) is 27.6 Å². The molecule has 0 radical (unpaired) electrons. The van der Waals surface area contributed by atoms with Crippen molar-refractivity contribution in [3.05, 3.63) is 46.9 Å². The van der Waals surface area contributed by atoms with Crippen LogP contribution in [-0.4, -0.2) is 41.8 Å². The van der Waals surface area contributed by atoms with Gasteiger partial charge in [0.1, 0.15) is 11.6 Å². The molecule has 3 rings (SSSR count). The van der Waals surface area contributed by atoms with Crippen LogP contribution in [0.4, 0.5) is 10.1 Å². The quantitative estimate of drug-likeness (QED) is 0.508. The van der Waals surface area contributed by atoms with Crippen molar-refractivity contribution in [2.45, 2.75) is 52.8 Å². The molecule has 3 N–H and O–H groups in total. The molecule has 1 aromatic heterocycles. The first-order valence-electron chi connectivity index (χ1n) is 10.1. The topological polar surface area (TPSA) is 85.9 Å². The fraction of sp³-hybridized carbons (Fsp3) is 0.524. The van der Waals surface area contributed by atoms with E-state index in [2.05, 4.69) is 20.6 Å². The van der Waals surface area contributed by atoms with Crippen molar-refractivity contribution >= 4 is 11.6 Å². The summed E-state index contributed by atoms with van der Waals surface area (Å²) in [6.45, 7) is 8.61. The predicted octanol–water partition coefficient (Wildman–Crippen LogP) is 2.65. The monoisotopic (exact) mass is 403 g/mol. The average molecular weight is 404 g/mol. The minimum atomic E-state index is -0.274. The van der Waals surface area contributed by atoms with Crippen LogP contribution in [0.3, 0.4) is 0 Å². The summed E-state index contributed by atoms with van der Waals surface area (Å²) in [5.74, 6) is 1.78. The summed E-state index contributed by atoms with van der Waals surface area (Å²) in [6, 6.07) is 5.24. The number of guanidine groups is 1. The van der Waals surface area contributed by atoms with Crippen molar-refractivity contribution in [2.24, 2.45) is 4.99 Å². The van der Waals surface area contributed by atoms with Crippen molar-refractivity contribution in [1.29, 1.82) is 0 Å². The molecule has 1 aliphatic heterocycles. The van der Waals surface area contributed by atoms with Crippen LogP contribution in [0.2, 0.25) is 0 Å². The number of benzene rings is 1. The van der Waals surface area contributed by atoms with Crippen LogP contribution in [0.5, 0.6) is 0 Å². The van der Waals surface area contributed by atoms with Gasteiger partial charge in [0.25, 0.3) is 0 Å². The van der Waals surface area contributed by atoms with E-state index < -0.39 is 0 Å². The first-order chi connectivity index (χ1) is 14.0. The van der Waals surface area contributed by atoms with Gasteiger partial charge in [-0.15, -0.1) is 0 Å². The van der Waals surface area contributed by atoms with Gasteiger partial charge in [0.2, 0.25) is 5.89 Å². The second kappa shape index (κ2) is 9.73. The minimum absolute atomic E-state index is 0.252. The van der Waals surface area contributed by atoms with Gasteiger partial charge in [-0.25, -0.2) is 14.4 Å². The molecule has 8 heteroatoms. The summed E-state index contributed by atoms with van der Waals surface area (Å²) < 4.78 is 20.2. The Morgan fingerprint density at radius 2 is 2.07 bits per heavy atom. The third-order valence-electron chi connectivity index (χ3n) is 5.06. The Bertz CT molecular complexity index is 824. The lowest BCUT2D eigenvalue weighted by molar-refractivity contribution is 0.145. The predicted molar refractivity (Wildman–Crippen MR) is 111 cm³/mol. The normalized spacial score (nSPS) is 15.6. The van der Waals surface area contributed by atoms with Crippen molar-refractivity contribution in [3.63, 3.8) is 0 Å². The van der Waals surface area contributed by atoms with Crippen LogP contribution in [0.25, 0.3) is 0 Å². The third-order valence-corrected chi connectivity index (χ3v) is 5.06. The highest BCUT2D eigenvalue weighted by molar-refractivity contribution is 5.79. The Labute approximate surface area is 171 Å². The summed E-state index contributed by atoms with van der Waals surface area (Å²) in [4.78, 5) is 10.9. The molecule has 1 aromatic carbocycles. The molecule has 0 spiro atoms. The van der Waals surface area contributed by atoms with Crippen LogP contribution in [0.1, 0.15) is 42.7 Å². The first-order valence-corrected chi connectivity index (χ1v) is 10.1. The summed E-state index contributed by atoms with van der Waals surface area (Å²) in [6.07, 6.45) is 1.07. The third kappa shape index (κ3) is 5.69. The number of piperidine rings is 1. The number of aromatic nitrogens is 1. The number of rotatable bonds is 6. The van der Waals surface area contributed by atoms with E-state index in [1.54, 1.807) is 6.07 Å². The molecule has 0 aliphatic carbocycles. The average Bonchev–Trinajstić information content (AvgIpc) is 3.02. The number of halogens is 1. The molecule has 0 atom stereocenters. The van der Waals surface area contributed by atoms with E-state index in [1.807, 2.05) is 31.7 Å². The zero-order chi connectivity index (χ0) is 20.8. The zero-order valence-electron chi connectivity index (χ0n) is 17.3. The minimum Gasteiger partial charge on any atom is -0.444 e. The number of nitrogens with zero attached hydrogens (tertiary/aromatic N) is 3. The molecular formula is C21H30FN5O2. The Hall–Kier alpha value is -2.61. The van der Waals surface area contributed by atoms with Crippen molar-refractivity contribution in [3.8, 4) is 0 Å². The SMILES string of the molecule is CCNC(=NCc1ccc(N2CCC(O)CC2)c(F)c1)NCc1nc(C)c(C)o1. The second-order valence-corrected chi connectivity index (χ2v) is 7.30. The van der Waals surface area contributed by atoms with E-state index in [0.29, 0.717) is 63.1 Å². The fourth-order valence-corrected chi connectivity index (χ4v) is 3.30. The van der Waals surface area contributed by atoms with Gasteiger partial charge in [0, 0.05) is 19.6 Å². The Kier molecular flexibility index (Phi) is 7.09. The number of nitrogens with one attached hydrogen (secondary N) is 2. The molecular weight excluding hydrogens is 373 g/mol. The molecule has 1 aliphatic rings. The van der Waals surface area contributed by atoms with Gasteiger partial charge in [-0.05, 0) is 51.3 Å². The van der Waals surface area contributed by atoms with E-state index in [-0.39, 0.29) is 11.9 Å². The van der Waals surface area contributed by atoms with Crippen molar-refractivity contribution < 1.29 is 13.9 Å². The highest BCUT2D eigenvalue weighted by Crippen LogP contribution is 2.24. The van der Waals surface area contributed by atoms with Crippen molar-refractivity contribution in [1.82, 2.24) is 15.6 Å². The van der Waals surface area contributed by atoms with Crippen molar-refractivity contribution in [2.75, 3.05) is 24.5 Å². The standard InChI is InChI=1S/C21H30FN5O2/c1-4-23-21(25-13-20-26-14(2)15(3)29-20)24-12-16-5-6-19(18(22)11-16)27-9-7-17(28)8-10-27/h5-6,11,17,28H,4,7-10,12-13H2,1-3H3,(H2,23,24,25). The van der Waals surface area contributed by atoms with Crippen LogP contribution >= 0.6 is 0 Å². The number of aryl methyl sites for hydroxylation is 2. The lowest BCUT2D eigenvalue weighted by Gasteiger charge is -2.31. The Morgan fingerprint density at radius 3 is 2.69 bits per heavy atom. The van der Waals surface area contributed by atoms with E-state index in [9.17, 15) is 9.50 Å². The van der Waals surface area contributed by atoms with E-state index >= 15 is 0 Å². The van der Waals surface area contributed by atoms with Gasteiger partial charge >= 0.3 is 0 Å². The molecule has 0 bridgehead atoms. The van der Waals surface area contributed by atoms with Crippen LogP contribution < -0.4 is 15.5 Å². The summed E-state index contributed by atoms with van der Waals surface area (Å²) >= 11 is 0. The van der Waals surface area contributed by atoms with Gasteiger partial charge in [-0.2, -0.15) is 0 Å². The smallest absolute Gasteiger partial charge is 0.214 e. The largest absolute Gasteiger partial charge is 0.444 e. The van der Waals surface area contributed by atoms with E-state index in [4.69, 9.17) is 4.42 Å². The van der Waals surface area contributed by atoms with Gasteiger partial charge < -0.3 is 25.1 Å². The maximum atomic E-state index is 14.6. The number of hydrogen-bond donors (Lipinski definition) is 3. The molecule has 158 valence electrons. The maximum Gasteiger partial charge on any atom is 0.214 e. The van der Waals surface area contributed by atoms with Gasteiger partial charge in [-0.3, -0.25) is 0 Å². The number of aliphatic imine (C=N–C) groups is 1. The molecule has 2 heterocycles. The second-order valence-electron chi connectivity index (χ2n) is 7.30. The number of aliphatic hydroxyl groups excluding tert-OH is 1. The molecule has 2 aromatic rings. The number of aliphatic hydroxyl groups is 1. The lowest BCUT2D eigenvalue weighted by Crippen LogP contribution is -2.37. The van der Waals surface area contributed by atoms with Crippen LogP contribution in [-0.2, 0) is 13.1 Å². The summed E-state index contributed by atoms with van der Waals surface area (Å²) in [7, 11) is 0. The Balaban J connectivity index is 1.61. The highest BCUT2D eigenvalue weighted by Gasteiger charge is 2.19. The van der Waals surface area contributed by atoms with Crippen LogP contribution in [0, 0.1) is 19.7 Å². The summed E-state index contributed by atoms with van der Waals surface area (Å²) in [5.41, 5.74) is 2.26. The van der Waals surface area contributed by atoms with E-state index in [1.165, 1.54) is 6.07 Å². The maximum absolute atomic E-state index is 14.6. The fourth-order valence-electron chi connectivity index (χ4n) is 3.30. The molecule has 0 amide bonds. The zero-order valence-corrected chi connectivity index (χ0v) is 17.3. The molecule has 1 saturated heterocycles. The number of hydrogen-bond acceptors (Lipinski definition) is 5. The van der Waals surface area contributed by atoms with Gasteiger partial charge in [0.05, 0.1) is 30.6 Å². The molecule has 0 unspecified atom stereocenters. The van der Waals surface area contributed by atoms with E-state index in [0.717, 1.165) is 17.0 Å². The number of oxazole rings is 1. The highest BCUT2D eigenvalue weighted by atomic mass is 19.1.